The van der Waals surface area contributed by atoms with Crippen molar-refractivity contribution in [2.45, 2.75) is 25.3 Å². The Labute approximate surface area is 100 Å². The van der Waals surface area contributed by atoms with Crippen molar-refractivity contribution >= 4 is 17.2 Å². The molecule has 0 aliphatic carbocycles. The molecule has 0 saturated carbocycles. The van der Waals surface area contributed by atoms with Crippen molar-refractivity contribution in [3.8, 4) is 0 Å². The molecule has 1 aliphatic rings. The Bertz CT molecular complexity index is 337. The summed E-state index contributed by atoms with van der Waals surface area (Å²) in [6.45, 7) is 1.69. The Morgan fingerprint density at radius 3 is 3.25 bits per heavy atom. The van der Waals surface area contributed by atoms with E-state index >= 15 is 0 Å². The van der Waals surface area contributed by atoms with Crippen LogP contribution in [-0.4, -0.2) is 30.9 Å². The normalized spacial score (nSPS) is 20.3. The minimum absolute atomic E-state index is 0.281. The van der Waals surface area contributed by atoms with Crippen LogP contribution in [0.4, 0.5) is 0 Å². The Kier molecular flexibility index (Phi) is 3.96. The maximum absolute atomic E-state index is 12.0. The number of hydrogen-bond donors (Lipinski definition) is 1. The lowest BCUT2D eigenvalue weighted by Gasteiger charge is -2.24. The summed E-state index contributed by atoms with van der Waals surface area (Å²) < 4.78 is 0. The summed E-state index contributed by atoms with van der Waals surface area (Å²) in [6.07, 6.45) is 2.85. The predicted octanol–water partition coefficient (Wildman–Crippen LogP) is 2.02. The molecular formula is C12H18N2OS. The molecule has 88 valence electrons. The third kappa shape index (κ3) is 2.44. The van der Waals surface area contributed by atoms with E-state index in [1.807, 2.05) is 11.9 Å². The summed E-state index contributed by atoms with van der Waals surface area (Å²) in [5.74, 6) is 0.281. The van der Waals surface area contributed by atoms with Crippen LogP contribution in [-0.2, 0) is 4.79 Å². The van der Waals surface area contributed by atoms with Crippen molar-refractivity contribution in [1.82, 2.24) is 10.2 Å². The van der Waals surface area contributed by atoms with E-state index in [-0.39, 0.29) is 5.91 Å². The number of nitrogens with one attached hydrogen (secondary N) is 1. The summed E-state index contributed by atoms with van der Waals surface area (Å²) in [7, 11) is 1.88. The van der Waals surface area contributed by atoms with Crippen LogP contribution in [0.15, 0.2) is 16.8 Å². The van der Waals surface area contributed by atoms with Gasteiger partial charge in [0.05, 0.1) is 6.04 Å². The van der Waals surface area contributed by atoms with Gasteiger partial charge in [-0.1, -0.05) is 0 Å². The van der Waals surface area contributed by atoms with Crippen molar-refractivity contribution in [3.63, 3.8) is 0 Å². The summed E-state index contributed by atoms with van der Waals surface area (Å²) >= 11 is 1.71. The lowest BCUT2D eigenvalue weighted by molar-refractivity contribution is -0.132. The average Bonchev–Trinajstić information content (AvgIpc) is 2.94. The number of amides is 1. The van der Waals surface area contributed by atoms with Gasteiger partial charge in [-0.25, -0.2) is 0 Å². The van der Waals surface area contributed by atoms with E-state index in [2.05, 4.69) is 22.1 Å². The van der Waals surface area contributed by atoms with Crippen molar-refractivity contribution in [2.75, 3.05) is 20.1 Å². The van der Waals surface area contributed by atoms with Gasteiger partial charge in [0.25, 0.3) is 0 Å². The first kappa shape index (κ1) is 11.6. The van der Waals surface area contributed by atoms with Gasteiger partial charge in [0.15, 0.2) is 0 Å². The summed E-state index contributed by atoms with van der Waals surface area (Å²) in [5.41, 5.74) is 1.31. The minimum atomic E-state index is 0.281. The minimum Gasteiger partial charge on any atom is -0.336 e. The average molecular weight is 238 g/mol. The van der Waals surface area contributed by atoms with Crippen molar-refractivity contribution in [1.29, 1.82) is 0 Å². The van der Waals surface area contributed by atoms with Crippen LogP contribution >= 0.6 is 11.3 Å². The molecule has 3 nitrogen and oxygen atoms in total. The van der Waals surface area contributed by atoms with Crippen LogP contribution < -0.4 is 5.32 Å². The molecule has 1 atom stereocenters. The molecule has 1 fully saturated rings. The van der Waals surface area contributed by atoms with Crippen molar-refractivity contribution < 1.29 is 4.79 Å². The Hall–Kier alpha value is -0.870. The quantitative estimate of drug-likeness (QED) is 0.870. The van der Waals surface area contributed by atoms with E-state index in [0.29, 0.717) is 12.5 Å². The van der Waals surface area contributed by atoms with Gasteiger partial charge in [-0.05, 0) is 42.3 Å². The fourth-order valence-electron chi connectivity index (χ4n) is 2.25. The molecule has 1 saturated heterocycles. The molecule has 0 aromatic carbocycles. The number of nitrogens with zero attached hydrogens (tertiary/aromatic N) is 1. The number of likely N-dealkylation sites (tertiary alicyclic amines) is 1. The monoisotopic (exact) mass is 238 g/mol. The molecule has 1 aromatic rings. The molecule has 2 rings (SSSR count). The maximum Gasteiger partial charge on any atom is 0.224 e. The molecule has 0 bridgehead atoms. The zero-order chi connectivity index (χ0) is 11.4. The van der Waals surface area contributed by atoms with Gasteiger partial charge >= 0.3 is 0 Å². The van der Waals surface area contributed by atoms with Gasteiger partial charge in [0.2, 0.25) is 5.91 Å². The third-order valence-corrected chi connectivity index (χ3v) is 3.79. The second kappa shape index (κ2) is 5.46. The Morgan fingerprint density at radius 1 is 1.69 bits per heavy atom. The molecule has 1 unspecified atom stereocenters. The highest BCUT2D eigenvalue weighted by atomic mass is 32.1. The maximum atomic E-state index is 12.0. The lowest BCUT2D eigenvalue weighted by atomic mass is 10.1. The van der Waals surface area contributed by atoms with E-state index in [1.54, 1.807) is 11.3 Å². The SMILES string of the molecule is CNCCC(=O)N1CCCC1c1ccsc1. The van der Waals surface area contributed by atoms with Crippen LogP contribution in [0.25, 0.3) is 0 Å². The molecule has 2 heterocycles. The zero-order valence-electron chi connectivity index (χ0n) is 9.61. The van der Waals surface area contributed by atoms with Gasteiger partial charge in [-0.2, -0.15) is 11.3 Å². The zero-order valence-corrected chi connectivity index (χ0v) is 10.4. The summed E-state index contributed by atoms with van der Waals surface area (Å²) in [5, 5.41) is 7.27. The highest BCUT2D eigenvalue weighted by molar-refractivity contribution is 7.07. The van der Waals surface area contributed by atoms with E-state index in [4.69, 9.17) is 0 Å². The third-order valence-electron chi connectivity index (χ3n) is 3.09. The molecule has 1 aromatic heterocycles. The van der Waals surface area contributed by atoms with Crippen LogP contribution in [0, 0.1) is 0 Å². The van der Waals surface area contributed by atoms with E-state index in [9.17, 15) is 4.79 Å². The fraction of sp³-hybridized carbons (Fsp3) is 0.583. The van der Waals surface area contributed by atoms with E-state index in [1.165, 1.54) is 5.56 Å². The van der Waals surface area contributed by atoms with Crippen LogP contribution in [0.5, 0.6) is 0 Å². The first-order chi connectivity index (χ1) is 7.83. The molecule has 1 N–H and O–H groups in total. The molecular weight excluding hydrogens is 220 g/mol. The smallest absolute Gasteiger partial charge is 0.224 e. The van der Waals surface area contributed by atoms with E-state index in [0.717, 1.165) is 25.9 Å². The fourth-order valence-corrected chi connectivity index (χ4v) is 2.96. The first-order valence-corrected chi connectivity index (χ1v) is 6.73. The summed E-state index contributed by atoms with van der Waals surface area (Å²) in [6, 6.07) is 2.47. The van der Waals surface area contributed by atoms with Crippen LogP contribution in [0.2, 0.25) is 0 Å². The van der Waals surface area contributed by atoms with Gasteiger partial charge in [0, 0.05) is 19.5 Å². The molecule has 16 heavy (non-hydrogen) atoms. The number of carbonyl (C=O) groups is 1. The Balaban J connectivity index is 2.01. The first-order valence-electron chi connectivity index (χ1n) is 5.79. The van der Waals surface area contributed by atoms with Gasteiger partial charge in [0.1, 0.15) is 0 Å². The highest BCUT2D eigenvalue weighted by Gasteiger charge is 2.29. The van der Waals surface area contributed by atoms with Crippen LogP contribution in [0.3, 0.4) is 0 Å². The molecule has 4 heteroatoms. The van der Waals surface area contributed by atoms with E-state index < -0.39 is 0 Å². The highest BCUT2D eigenvalue weighted by Crippen LogP contribution is 2.33. The topological polar surface area (TPSA) is 32.3 Å². The second-order valence-electron chi connectivity index (χ2n) is 4.16. The van der Waals surface area contributed by atoms with Crippen molar-refractivity contribution in [2.24, 2.45) is 0 Å². The lowest BCUT2D eigenvalue weighted by Crippen LogP contribution is -2.32. The number of carbonyl (C=O) groups excluding carboxylic acids is 1. The second-order valence-corrected chi connectivity index (χ2v) is 4.94. The van der Waals surface area contributed by atoms with Crippen molar-refractivity contribution in [3.05, 3.63) is 22.4 Å². The number of thiophene rings is 1. The number of rotatable bonds is 4. The molecule has 1 amide bonds. The van der Waals surface area contributed by atoms with Gasteiger partial charge in [-0.15, -0.1) is 0 Å². The largest absolute Gasteiger partial charge is 0.336 e. The Morgan fingerprint density at radius 2 is 2.56 bits per heavy atom. The van der Waals surface area contributed by atoms with Gasteiger partial charge in [-0.3, -0.25) is 4.79 Å². The standard InChI is InChI=1S/C12H18N2OS/c1-13-6-4-12(15)14-7-2-3-11(14)10-5-8-16-9-10/h5,8-9,11,13H,2-4,6-7H2,1H3. The molecule has 0 radical (unpaired) electrons. The number of hydrogen-bond acceptors (Lipinski definition) is 3. The predicted molar refractivity (Wildman–Crippen MR) is 66.6 cm³/mol. The summed E-state index contributed by atoms with van der Waals surface area (Å²) in [4.78, 5) is 14.0. The van der Waals surface area contributed by atoms with Gasteiger partial charge < -0.3 is 10.2 Å². The van der Waals surface area contributed by atoms with Crippen LogP contribution in [0.1, 0.15) is 30.9 Å². The molecule has 0 spiro atoms. The molecule has 1 aliphatic heterocycles.